The molecule has 1 amide bonds. The Labute approximate surface area is 173 Å². The number of likely N-dealkylation sites (tertiary alicyclic amines) is 1. The molecule has 0 bridgehead atoms. The van der Waals surface area contributed by atoms with Gasteiger partial charge in [0.1, 0.15) is 22.8 Å². The highest BCUT2D eigenvalue weighted by Crippen LogP contribution is 2.32. The van der Waals surface area contributed by atoms with Crippen LogP contribution in [0.15, 0.2) is 16.7 Å². The smallest absolute Gasteiger partial charge is 0.410 e. The van der Waals surface area contributed by atoms with Crippen LogP contribution >= 0.6 is 0 Å². The molecule has 1 N–H and O–H groups in total. The molecule has 2 aromatic heterocycles. The number of rotatable bonds is 3. The van der Waals surface area contributed by atoms with Crippen LogP contribution in [-0.4, -0.2) is 49.8 Å². The summed E-state index contributed by atoms with van der Waals surface area (Å²) in [6.45, 7) is 8.60. The number of H-pyrrole nitrogens is 1. The summed E-state index contributed by atoms with van der Waals surface area (Å²) in [6, 6.07) is 3.04. The number of piperidine rings is 1. The number of hydrogen-bond donors (Lipinski definition) is 1. The molecule has 4 rings (SSSR count). The Morgan fingerprint density at radius 1 is 1.30 bits per heavy atom. The van der Waals surface area contributed by atoms with E-state index in [4.69, 9.17) is 9.26 Å². The van der Waals surface area contributed by atoms with Crippen molar-refractivity contribution in [2.45, 2.75) is 58.5 Å². The fraction of sp³-hybridized carbons (Fsp3) is 0.524. The number of nitrogens with zero attached hydrogens (tertiary/aromatic N) is 4. The predicted octanol–water partition coefficient (Wildman–Crippen LogP) is 4.43. The van der Waals surface area contributed by atoms with Crippen LogP contribution in [-0.2, 0) is 11.2 Å². The minimum absolute atomic E-state index is 0.0117. The van der Waals surface area contributed by atoms with Crippen LogP contribution in [0.1, 0.15) is 58.2 Å². The van der Waals surface area contributed by atoms with Gasteiger partial charge in [-0.25, -0.2) is 14.2 Å². The summed E-state index contributed by atoms with van der Waals surface area (Å²) in [5.74, 6) is 0.990. The highest BCUT2D eigenvalue weighted by atomic mass is 19.1. The number of carbonyl (C=O) groups excluding carboxylic acids is 1. The molecule has 1 saturated heterocycles. The maximum absolute atomic E-state index is 14.6. The molecule has 160 valence electrons. The van der Waals surface area contributed by atoms with E-state index in [-0.39, 0.29) is 23.4 Å². The lowest BCUT2D eigenvalue weighted by molar-refractivity contribution is 0.0198. The molecule has 0 aliphatic carbocycles. The van der Waals surface area contributed by atoms with E-state index < -0.39 is 11.4 Å². The number of aryl methyl sites for hydroxylation is 1. The van der Waals surface area contributed by atoms with Gasteiger partial charge in [0.05, 0.1) is 11.1 Å². The van der Waals surface area contributed by atoms with Gasteiger partial charge in [-0.2, -0.15) is 4.98 Å². The Morgan fingerprint density at radius 2 is 2.03 bits per heavy atom. The SMILES string of the molecule is CCc1nc2c(-c3noc(C4CCN(C(=O)OC(C)(C)C)CC4)n3)c(F)ccc2[nH]1. The van der Waals surface area contributed by atoms with Crippen molar-refractivity contribution in [3.63, 3.8) is 0 Å². The first kappa shape index (κ1) is 20.3. The summed E-state index contributed by atoms with van der Waals surface area (Å²) in [6.07, 6.45) is 1.75. The second-order valence-electron chi connectivity index (χ2n) is 8.55. The summed E-state index contributed by atoms with van der Waals surface area (Å²) in [5.41, 5.74) is 0.952. The van der Waals surface area contributed by atoms with Gasteiger partial charge in [-0.3, -0.25) is 0 Å². The quantitative estimate of drug-likeness (QED) is 0.680. The summed E-state index contributed by atoms with van der Waals surface area (Å²) < 4.78 is 25.5. The zero-order valence-electron chi connectivity index (χ0n) is 17.7. The first-order chi connectivity index (χ1) is 14.2. The van der Waals surface area contributed by atoms with Gasteiger partial charge >= 0.3 is 6.09 Å². The number of benzene rings is 1. The molecule has 1 aliphatic heterocycles. The number of amides is 1. The van der Waals surface area contributed by atoms with Gasteiger partial charge in [0, 0.05) is 25.4 Å². The Balaban J connectivity index is 1.51. The number of carbonyl (C=O) groups is 1. The zero-order chi connectivity index (χ0) is 21.5. The summed E-state index contributed by atoms with van der Waals surface area (Å²) in [5, 5.41) is 4.03. The molecular weight excluding hydrogens is 389 g/mol. The molecule has 0 radical (unpaired) electrons. The van der Waals surface area contributed by atoms with Gasteiger partial charge in [-0.05, 0) is 45.7 Å². The van der Waals surface area contributed by atoms with E-state index in [2.05, 4.69) is 20.1 Å². The van der Waals surface area contributed by atoms with Crippen LogP contribution in [0.5, 0.6) is 0 Å². The van der Waals surface area contributed by atoms with Gasteiger partial charge in [-0.15, -0.1) is 0 Å². The predicted molar refractivity (Wildman–Crippen MR) is 109 cm³/mol. The highest BCUT2D eigenvalue weighted by molar-refractivity contribution is 5.90. The van der Waals surface area contributed by atoms with Gasteiger partial charge in [-0.1, -0.05) is 12.1 Å². The lowest BCUT2D eigenvalue weighted by Gasteiger charge is -2.32. The standard InChI is InChI=1S/C21H26FN5O3/c1-5-15-23-14-7-6-13(22)16(17(14)24-15)18-25-19(30-26-18)12-8-10-27(11-9-12)20(28)29-21(2,3)4/h6-7,12H,5,8-11H2,1-4H3,(H,23,24). The van der Waals surface area contributed by atoms with Crippen LogP contribution in [0.2, 0.25) is 0 Å². The van der Waals surface area contributed by atoms with Crippen molar-refractivity contribution in [2.24, 2.45) is 0 Å². The van der Waals surface area contributed by atoms with E-state index >= 15 is 0 Å². The second-order valence-corrected chi connectivity index (χ2v) is 8.55. The number of halogens is 1. The summed E-state index contributed by atoms with van der Waals surface area (Å²) >= 11 is 0. The third kappa shape index (κ3) is 4.01. The van der Waals surface area contributed by atoms with Crippen molar-refractivity contribution in [1.82, 2.24) is 25.0 Å². The summed E-state index contributed by atoms with van der Waals surface area (Å²) in [4.78, 5) is 26.0. The molecule has 0 unspecified atom stereocenters. The van der Waals surface area contributed by atoms with E-state index in [1.165, 1.54) is 6.07 Å². The molecule has 3 aromatic rings. The molecular formula is C21H26FN5O3. The number of fused-ring (bicyclic) bond motifs is 1. The summed E-state index contributed by atoms with van der Waals surface area (Å²) in [7, 11) is 0. The van der Waals surface area contributed by atoms with Gasteiger partial charge in [0.2, 0.25) is 11.7 Å². The normalized spacial score (nSPS) is 15.7. The third-order valence-electron chi connectivity index (χ3n) is 5.15. The van der Waals surface area contributed by atoms with Crippen molar-refractivity contribution in [3.8, 4) is 11.4 Å². The van der Waals surface area contributed by atoms with E-state index in [9.17, 15) is 9.18 Å². The number of aromatic amines is 1. The zero-order valence-corrected chi connectivity index (χ0v) is 17.7. The van der Waals surface area contributed by atoms with Crippen LogP contribution in [0.3, 0.4) is 0 Å². The van der Waals surface area contributed by atoms with E-state index in [1.807, 2.05) is 27.7 Å². The molecule has 3 heterocycles. The molecule has 1 aromatic carbocycles. The minimum Gasteiger partial charge on any atom is -0.444 e. The Kier molecular flexibility index (Phi) is 5.21. The van der Waals surface area contributed by atoms with Crippen molar-refractivity contribution in [2.75, 3.05) is 13.1 Å². The van der Waals surface area contributed by atoms with Crippen LogP contribution in [0, 0.1) is 5.82 Å². The van der Waals surface area contributed by atoms with Crippen LogP contribution in [0.25, 0.3) is 22.4 Å². The molecule has 0 atom stereocenters. The molecule has 30 heavy (non-hydrogen) atoms. The first-order valence-electron chi connectivity index (χ1n) is 10.2. The molecule has 0 spiro atoms. The van der Waals surface area contributed by atoms with Crippen molar-refractivity contribution in [3.05, 3.63) is 29.7 Å². The number of ether oxygens (including phenoxy) is 1. The molecule has 0 saturated carbocycles. The Morgan fingerprint density at radius 3 is 2.70 bits per heavy atom. The molecule has 9 heteroatoms. The highest BCUT2D eigenvalue weighted by Gasteiger charge is 2.30. The third-order valence-corrected chi connectivity index (χ3v) is 5.15. The number of aromatic nitrogens is 4. The van der Waals surface area contributed by atoms with Crippen LogP contribution in [0.4, 0.5) is 9.18 Å². The molecule has 1 aliphatic rings. The van der Waals surface area contributed by atoms with E-state index in [0.29, 0.717) is 43.8 Å². The molecule has 8 nitrogen and oxygen atoms in total. The molecule has 1 fully saturated rings. The van der Waals surface area contributed by atoms with Gasteiger partial charge in [0.25, 0.3) is 0 Å². The lowest BCUT2D eigenvalue weighted by Crippen LogP contribution is -2.41. The van der Waals surface area contributed by atoms with Crippen LogP contribution < -0.4 is 0 Å². The van der Waals surface area contributed by atoms with Crippen molar-refractivity contribution in [1.29, 1.82) is 0 Å². The topological polar surface area (TPSA) is 97.1 Å². The average molecular weight is 415 g/mol. The first-order valence-corrected chi connectivity index (χ1v) is 10.2. The van der Waals surface area contributed by atoms with Crippen molar-refractivity contribution < 1.29 is 18.4 Å². The monoisotopic (exact) mass is 415 g/mol. The fourth-order valence-corrected chi connectivity index (χ4v) is 3.62. The maximum Gasteiger partial charge on any atom is 0.410 e. The Hall–Kier alpha value is -2.97. The largest absolute Gasteiger partial charge is 0.444 e. The van der Waals surface area contributed by atoms with Gasteiger partial charge < -0.3 is 19.1 Å². The average Bonchev–Trinajstić information content (AvgIpc) is 3.33. The van der Waals surface area contributed by atoms with E-state index in [1.54, 1.807) is 11.0 Å². The Bertz CT molecular complexity index is 1060. The minimum atomic E-state index is -0.523. The fourth-order valence-electron chi connectivity index (χ4n) is 3.62. The number of hydrogen-bond acceptors (Lipinski definition) is 6. The van der Waals surface area contributed by atoms with E-state index in [0.717, 1.165) is 11.3 Å². The number of nitrogens with one attached hydrogen (secondary N) is 1. The van der Waals surface area contributed by atoms with Crippen molar-refractivity contribution >= 4 is 17.1 Å². The number of imidazole rings is 1. The lowest BCUT2D eigenvalue weighted by atomic mass is 9.97. The second kappa shape index (κ2) is 7.70. The van der Waals surface area contributed by atoms with Gasteiger partial charge in [0.15, 0.2) is 0 Å². The maximum atomic E-state index is 14.6.